The number of nitrogens with one attached hydrogen (secondary N) is 1. The Morgan fingerprint density at radius 2 is 2.29 bits per heavy atom. The van der Waals surface area contributed by atoms with Gasteiger partial charge < -0.3 is 14.5 Å². The first-order valence-corrected chi connectivity index (χ1v) is 6.70. The molecular weight excluding hydrogens is 214 g/mol. The molecular formula is C14H23NO2. The summed E-state index contributed by atoms with van der Waals surface area (Å²) in [7, 11) is 0. The molecule has 1 fully saturated rings. The maximum Gasteiger partial charge on any atom is 0.129 e. The van der Waals surface area contributed by atoms with E-state index in [1.165, 1.54) is 25.7 Å². The minimum atomic E-state index is 0.578. The topological polar surface area (TPSA) is 34.4 Å². The van der Waals surface area contributed by atoms with E-state index in [0.29, 0.717) is 12.6 Å². The van der Waals surface area contributed by atoms with Crippen LogP contribution in [0.4, 0.5) is 0 Å². The normalized spacial score (nSPS) is 25.0. The van der Waals surface area contributed by atoms with Crippen molar-refractivity contribution in [1.82, 2.24) is 5.32 Å². The predicted octanol–water partition coefficient (Wildman–Crippen LogP) is 2.96. The molecule has 0 radical (unpaired) electrons. The van der Waals surface area contributed by atoms with E-state index in [9.17, 15) is 0 Å². The molecule has 2 unspecified atom stereocenters. The lowest BCUT2D eigenvalue weighted by Crippen LogP contribution is -2.38. The van der Waals surface area contributed by atoms with Gasteiger partial charge in [-0.05, 0) is 30.9 Å². The molecule has 1 aromatic rings. The van der Waals surface area contributed by atoms with Gasteiger partial charge in [0.15, 0.2) is 0 Å². The van der Waals surface area contributed by atoms with E-state index in [2.05, 4.69) is 12.2 Å². The quantitative estimate of drug-likeness (QED) is 0.772. The van der Waals surface area contributed by atoms with Crippen molar-refractivity contribution in [1.29, 1.82) is 0 Å². The molecule has 1 aliphatic carbocycles. The van der Waals surface area contributed by atoms with Crippen molar-refractivity contribution < 1.29 is 9.15 Å². The van der Waals surface area contributed by atoms with E-state index >= 15 is 0 Å². The first kappa shape index (κ1) is 12.7. The fourth-order valence-electron chi connectivity index (χ4n) is 2.50. The maximum atomic E-state index is 5.55. The van der Waals surface area contributed by atoms with Crippen molar-refractivity contribution in [2.75, 3.05) is 13.2 Å². The number of hydrogen-bond donors (Lipinski definition) is 1. The van der Waals surface area contributed by atoms with Crippen molar-refractivity contribution in [2.45, 2.75) is 45.3 Å². The van der Waals surface area contributed by atoms with Crippen LogP contribution in [0.1, 0.15) is 38.4 Å². The lowest BCUT2D eigenvalue weighted by molar-refractivity contribution is 0.103. The average molecular weight is 237 g/mol. The molecule has 3 nitrogen and oxygen atoms in total. The predicted molar refractivity (Wildman–Crippen MR) is 67.8 cm³/mol. The molecule has 0 saturated heterocycles. The third kappa shape index (κ3) is 4.17. The second-order valence-electron chi connectivity index (χ2n) is 4.95. The summed E-state index contributed by atoms with van der Waals surface area (Å²) in [4.78, 5) is 0. The van der Waals surface area contributed by atoms with Crippen molar-refractivity contribution >= 4 is 0 Å². The van der Waals surface area contributed by atoms with Gasteiger partial charge in [-0.1, -0.05) is 19.8 Å². The molecule has 1 aromatic heterocycles. The van der Waals surface area contributed by atoms with Gasteiger partial charge in [-0.3, -0.25) is 0 Å². The zero-order valence-electron chi connectivity index (χ0n) is 10.7. The van der Waals surface area contributed by atoms with Gasteiger partial charge in [-0.25, -0.2) is 0 Å². The van der Waals surface area contributed by atoms with Gasteiger partial charge in [-0.2, -0.15) is 0 Å². The molecule has 0 aromatic carbocycles. The Hall–Kier alpha value is -0.800. The average Bonchev–Trinajstić information content (AvgIpc) is 2.84. The fraction of sp³-hybridized carbons (Fsp3) is 0.714. The van der Waals surface area contributed by atoms with Crippen LogP contribution in [0.2, 0.25) is 0 Å². The molecule has 1 heterocycles. The summed E-state index contributed by atoms with van der Waals surface area (Å²) in [6.45, 7) is 4.62. The number of ether oxygens (including phenoxy) is 1. The minimum absolute atomic E-state index is 0.578. The van der Waals surface area contributed by atoms with Crippen molar-refractivity contribution in [3.05, 3.63) is 24.2 Å². The standard InChI is InChI=1S/C14H23NO2/c1-12-5-2-3-7-14(12)15-8-10-16-11-13-6-4-9-17-13/h4,6,9,12,14-15H,2-3,5,7-8,10-11H2,1H3. The van der Waals surface area contributed by atoms with Crippen molar-refractivity contribution in [3.63, 3.8) is 0 Å². The SMILES string of the molecule is CC1CCCCC1NCCOCc1ccco1. The second-order valence-corrected chi connectivity index (χ2v) is 4.95. The lowest BCUT2D eigenvalue weighted by Gasteiger charge is -2.29. The highest BCUT2D eigenvalue weighted by Gasteiger charge is 2.19. The van der Waals surface area contributed by atoms with Crippen LogP contribution in [-0.2, 0) is 11.3 Å². The number of hydrogen-bond acceptors (Lipinski definition) is 3. The molecule has 3 heteroatoms. The van der Waals surface area contributed by atoms with Crippen LogP contribution in [0.15, 0.2) is 22.8 Å². The van der Waals surface area contributed by atoms with Crippen molar-refractivity contribution in [2.24, 2.45) is 5.92 Å². The van der Waals surface area contributed by atoms with Crippen LogP contribution in [0.3, 0.4) is 0 Å². The summed E-state index contributed by atoms with van der Waals surface area (Å²) >= 11 is 0. The first-order valence-electron chi connectivity index (χ1n) is 6.70. The Labute approximate surface area is 104 Å². The van der Waals surface area contributed by atoms with Gasteiger partial charge in [-0.15, -0.1) is 0 Å². The third-order valence-electron chi connectivity index (χ3n) is 3.59. The minimum Gasteiger partial charge on any atom is -0.467 e. The molecule has 0 bridgehead atoms. The van der Waals surface area contributed by atoms with Crippen LogP contribution in [0.25, 0.3) is 0 Å². The second kappa shape index (κ2) is 6.82. The Bertz CT molecular complexity index is 297. The van der Waals surface area contributed by atoms with Gasteiger partial charge in [0.25, 0.3) is 0 Å². The van der Waals surface area contributed by atoms with Gasteiger partial charge in [0, 0.05) is 12.6 Å². The molecule has 1 saturated carbocycles. The zero-order valence-corrected chi connectivity index (χ0v) is 10.7. The monoisotopic (exact) mass is 237 g/mol. The van der Waals surface area contributed by atoms with Gasteiger partial charge in [0.2, 0.25) is 0 Å². The molecule has 1 aliphatic rings. The largest absolute Gasteiger partial charge is 0.467 e. The summed E-state index contributed by atoms with van der Waals surface area (Å²) in [5.41, 5.74) is 0. The highest BCUT2D eigenvalue weighted by Crippen LogP contribution is 2.23. The van der Waals surface area contributed by atoms with Crippen LogP contribution >= 0.6 is 0 Å². The lowest BCUT2D eigenvalue weighted by atomic mass is 9.86. The summed E-state index contributed by atoms with van der Waals surface area (Å²) in [5.74, 6) is 1.71. The molecule has 0 amide bonds. The Morgan fingerprint density at radius 1 is 1.41 bits per heavy atom. The molecule has 0 aliphatic heterocycles. The molecule has 0 spiro atoms. The van der Waals surface area contributed by atoms with Crippen LogP contribution in [-0.4, -0.2) is 19.2 Å². The molecule has 1 N–H and O–H groups in total. The Morgan fingerprint density at radius 3 is 3.06 bits per heavy atom. The Kier molecular flexibility index (Phi) is 5.08. The van der Waals surface area contributed by atoms with E-state index in [0.717, 1.165) is 24.8 Å². The van der Waals surface area contributed by atoms with E-state index in [1.807, 2.05) is 12.1 Å². The van der Waals surface area contributed by atoms with Gasteiger partial charge in [0.05, 0.1) is 12.9 Å². The van der Waals surface area contributed by atoms with Crippen LogP contribution < -0.4 is 5.32 Å². The van der Waals surface area contributed by atoms with E-state index in [4.69, 9.17) is 9.15 Å². The van der Waals surface area contributed by atoms with Crippen molar-refractivity contribution in [3.8, 4) is 0 Å². The summed E-state index contributed by atoms with van der Waals surface area (Å²) in [6, 6.07) is 4.52. The molecule has 2 rings (SSSR count). The van der Waals surface area contributed by atoms with Gasteiger partial charge >= 0.3 is 0 Å². The summed E-state index contributed by atoms with van der Waals surface area (Å²) in [5, 5.41) is 3.60. The van der Waals surface area contributed by atoms with E-state index in [1.54, 1.807) is 6.26 Å². The van der Waals surface area contributed by atoms with Crippen LogP contribution in [0, 0.1) is 5.92 Å². The highest BCUT2D eigenvalue weighted by molar-refractivity contribution is 4.96. The number of rotatable bonds is 6. The Balaban J connectivity index is 1.53. The third-order valence-corrected chi connectivity index (χ3v) is 3.59. The smallest absolute Gasteiger partial charge is 0.129 e. The fourth-order valence-corrected chi connectivity index (χ4v) is 2.50. The van der Waals surface area contributed by atoms with Gasteiger partial charge in [0.1, 0.15) is 12.4 Å². The van der Waals surface area contributed by atoms with Crippen LogP contribution in [0.5, 0.6) is 0 Å². The summed E-state index contributed by atoms with van der Waals surface area (Å²) < 4.78 is 10.7. The van der Waals surface area contributed by atoms with E-state index < -0.39 is 0 Å². The maximum absolute atomic E-state index is 5.55. The summed E-state index contributed by atoms with van der Waals surface area (Å²) in [6.07, 6.45) is 7.13. The number of furan rings is 1. The molecule has 96 valence electrons. The van der Waals surface area contributed by atoms with E-state index in [-0.39, 0.29) is 0 Å². The zero-order chi connectivity index (χ0) is 11.9. The first-order chi connectivity index (χ1) is 8.36. The highest BCUT2D eigenvalue weighted by atomic mass is 16.5. The molecule has 17 heavy (non-hydrogen) atoms. The molecule has 2 atom stereocenters.